The third-order valence-electron chi connectivity index (χ3n) is 7.32. The summed E-state index contributed by atoms with van der Waals surface area (Å²) in [4.78, 5) is 42.1. The molecule has 1 aromatic rings. The maximum atomic E-state index is 13.7. The maximum absolute atomic E-state index is 13.7. The Kier molecular flexibility index (Phi) is 4.51. The van der Waals surface area contributed by atoms with Crippen molar-refractivity contribution in [3.63, 3.8) is 0 Å². The molecule has 4 aliphatic rings. The molecule has 3 heterocycles. The first-order valence-corrected chi connectivity index (χ1v) is 11.9. The number of nitrogens with one attached hydrogen (secondary N) is 2. The molecule has 4 atom stereocenters. The van der Waals surface area contributed by atoms with Crippen LogP contribution < -0.4 is 10.6 Å². The van der Waals surface area contributed by atoms with Gasteiger partial charge in [0.05, 0.1) is 11.8 Å². The van der Waals surface area contributed by atoms with Gasteiger partial charge in [0.15, 0.2) is 0 Å². The van der Waals surface area contributed by atoms with E-state index in [1.807, 2.05) is 31.4 Å². The summed E-state index contributed by atoms with van der Waals surface area (Å²) in [5, 5.41) is 6.53. The number of para-hydroxylation sites is 1. The zero-order valence-electron chi connectivity index (χ0n) is 16.9. The van der Waals surface area contributed by atoms with Gasteiger partial charge in [-0.25, -0.2) is 0 Å². The molecule has 0 bridgehead atoms. The predicted molar refractivity (Wildman–Crippen MR) is 112 cm³/mol. The Labute approximate surface area is 175 Å². The molecule has 5 rings (SSSR count). The quantitative estimate of drug-likeness (QED) is 0.741. The number of anilines is 1. The Bertz CT molecular complexity index is 897. The van der Waals surface area contributed by atoms with E-state index in [1.54, 1.807) is 11.8 Å². The van der Waals surface area contributed by atoms with Gasteiger partial charge in [0, 0.05) is 23.3 Å². The number of aryl methyl sites for hydroxylation is 1. The van der Waals surface area contributed by atoms with Crippen LogP contribution in [0.15, 0.2) is 18.2 Å². The number of hydrogen-bond donors (Lipinski definition) is 2. The minimum atomic E-state index is -1.14. The van der Waals surface area contributed by atoms with Crippen LogP contribution in [0.3, 0.4) is 0 Å². The van der Waals surface area contributed by atoms with Gasteiger partial charge in [0.25, 0.3) is 0 Å². The van der Waals surface area contributed by atoms with E-state index in [0.717, 1.165) is 54.7 Å². The van der Waals surface area contributed by atoms with Gasteiger partial charge >= 0.3 is 0 Å². The van der Waals surface area contributed by atoms with Crippen molar-refractivity contribution in [1.82, 2.24) is 10.2 Å². The van der Waals surface area contributed by atoms with Crippen molar-refractivity contribution in [3.05, 3.63) is 29.3 Å². The van der Waals surface area contributed by atoms with Crippen molar-refractivity contribution in [1.29, 1.82) is 0 Å². The van der Waals surface area contributed by atoms with Crippen molar-refractivity contribution < 1.29 is 14.4 Å². The summed E-state index contributed by atoms with van der Waals surface area (Å²) in [6.45, 7) is 1.96. The van der Waals surface area contributed by atoms with Gasteiger partial charge in [-0.3, -0.25) is 24.6 Å². The molecule has 7 heteroatoms. The second-order valence-electron chi connectivity index (χ2n) is 8.78. The van der Waals surface area contributed by atoms with Crippen LogP contribution >= 0.6 is 11.8 Å². The van der Waals surface area contributed by atoms with E-state index in [9.17, 15) is 14.4 Å². The Morgan fingerprint density at radius 1 is 1.17 bits per heavy atom. The van der Waals surface area contributed by atoms with Crippen LogP contribution in [-0.2, 0) is 19.9 Å². The summed E-state index contributed by atoms with van der Waals surface area (Å²) in [6.07, 6.45) is 6.67. The molecule has 3 fully saturated rings. The highest BCUT2D eigenvalue weighted by molar-refractivity contribution is 7.98. The van der Waals surface area contributed by atoms with E-state index in [4.69, 9.17) is 0 Å². The highest BCUT2D eigenvalue weighted by Gasteiger charge is 2.70. The van der Waals surface area contributed by atoms with E-state index >= 15 is 0 Å². The van der Waals surface area contributed by atoms with Crippen LogP contribution in [0.1, 0.15) is 43.2 Å². The molecule has 1 spiro atoms. The molecule has 154 valence electrons. The highest BCUT2D eigenvalue weighted by Crippen LogP contribution is 2.54. The van der Waals surface area contributed by atoms with Gasteiger partial charge in [-0.05, 0) is 43.8 Å². The molecular weight excluding hydrogens is 386 g/mol. The maximum Gasteiger partial charge on any atom is 0.250 e. The summed E-state index contributed by atoms with van der Waals surface area (Å²) in [5.41, 5.74) is 1.44. The average Bonchev–Trinajstić information content (AvgIpc) is 3.44. The van der Waals surface area contributed by atoms with Crippen molar-refractivity contribution in [3.8, 4) is 0 Å². The largest absolute Gasteiger partial charge is 0.324 e. The van der Waals surface area contributed by atoms with Gasteiger partial charge < -0.3 is 5.32 Å². The molecule has 2 saturated heterocycles. The second kappa shape index (κ2) is 6.84. The average molecular weight is 414 g/mol. The summed E-state index contributed by atoms with van der Waals surface area (Å²) in [6, 6.07) is 5.64. The molecule has 6 nitrogen and oxygen atoms in total. The fourth-order valence-electron chi connectivity index (χ4n) is 6.01. The minimum Gasteiger partial charge on any atom is -0.324 e. The number of fused-ring (bicyclic) bond motifs is 4. The molecule has 3 aliphatic heterocycles. The Balaban J connectivity index is 1.63. The molecule has 3 amide bonds. The third-order valence-corrected chi connectivity index (χ3v) is 7.96. The smallest absolute Gasteiger partial charge is 0.250 e. The second-order valence-corrected chi connectivity index (χ2v) is 9.77. The van der Waals surface area contributed by atoms with E-state index in [1.165, 1.54) is 4.90 Å². The molecule has 29 heavy (non-hydrogen) atoms. The number of hydrogen-bond acceptors (Lipinski definition) is 5. The zero-order valence-corrected chi connectivity index (χ0v) is 17.7. The van der Waals surface area contributed by atoms with Crippen LogP contribution in [0.4, 0.5) is 5.69 Å². The lowest BCUT2D eigenvalue weighted by Gasteiger charge is -2.31. The van der Waals surface area contributed by atoms with Crippen molar-refractivity contribution in [2.24, 2.45) is 11.8 Å². The molecule has 1 saturated carbocycles. The number of carbonyl (C=O) groups is 3. The molecule has 0 unspecified atom stereocenters. The van der Waals surface area contributed by atoms with Gasteiger partial charge in [0.2, 0.25) is 17.7 Å². The van der Waals surface area contributed by atoms with Crippen LogP contribution in [0, 0.1) is 18.8 Å². The molecule has 0 aromatic heterocycles. The lowest BCUT2D eigenvalue weighted by Crippen LogP contribution is -2.54. The number of amides is 3. The van der Waals surface area contributed by atoms with Crippen LogP contribution in [0.25, 0.3) is 0 Å². The predicted octanol–water partition coefficient (Wildman–Crippen LogP) is 2.41. The van der Waals surface area contributed by atoms with E-state index in [-0.39, 0.29) is 29.8 Å². The van der Waals surface area contributed by atoms with Crippen molar-refractivity contribution in [2.45, 2.75) is 56.7 Å². The number of rotatable bonds is 4. The SMILES string of the molecule is CSCC[C@H]1N[C@@]2(C(=O)Nc3c(C)cccc32)[C@@H]2C(=O)N(C3CCCC3)C(=O)[C@@H]21. The van der Waals surface area contributed by atoms with Crippen molar-refractivity contribution >= 4 is 35.2 Å². The van der Waals surface area contributed by atoms with Crippen LogP contribution in [0.5, 0.6) is 0 Å². The standard InChI is InChI=1S/C22H27N3O3S/c1-12-6-5-9-14-18(12)23-21(28)22(14)17-16(15(24-22)10-11-29-2)19(26)25(20(17)27)13-7-3-4-8-13/h5-6,9,13,15-17,24H,3-4,7-8,10-11H2,1-2H3,(H,23,28)/t15-,16-,17+,22-/m1/s1. The fraction of sp³-hybridized carbons (Fsp3) is 0.591. The minimum absolute atomic E-state index is 0.000273. The Morgan fingerprint density at radius 3 is 2.66 bits per heavy atom. The number of nitrogens with zero attached hydrogens (tertiary/aromatic N) is 1. The summed E-state index contributed by atoms with van der Waals surface area (Å²) in [7, 11) is 0. The first kappa shape index (κ1) is 19.1. The topological polar surface area (TPSA) is 78.5 Å². The van der Waals surface area contributed by atoms with E-state index in [2.05, 4.69) is 10.6 Å². The van der Waals surface area contributed by atoms with Crippen LogP contribution in [-0.4, -0.2) is 46.7 Å². The molecule has 1 aliphatic carbocycles. The molecule has 0 radical (unpaired) electrons. The summed E-state index contributed by atoms with van der Waals surface area (Å²) in [5.74, 6) is -0.674. The Morgan fingerprint density at radius 2 is 1.93 bits per heavy atom. The lowest BCUT2D eigenvalue weighted by atomic mass is 9.76. The number of likely N-dealkylation sites (tertiary alicyclic amines) is 1. The van der Waals surface area contributed by atoms with E-state index < -0.39 is 17.4 Å². The van der Waals surface area contributed by atoms with Gasteiger partial charge in [-0.15, -0.1) is 0 Å². The highest BCUT2D eigenvalue weighted by atomic mass is 32.2. The monoisotopic (exact) mass is 413 g/mol. The number of carbonyl (C=O) groups excluding carboxylic acids is 3. The first-order valence-electron chi connectivity index (χ1n) is 10.6. The fourth-order valence-corrected chi connectivity index (χ4v) is 6.50. The van der Waals surface area contributed by atoms with Gasteiger partial charge in [-0.2, -0.15) is 11.8 Å². The third kappa shape index (κ3) is 2.49. The molecular formula is C22H27N3O3S. The lowest BCUT2D eigenvalue weighted by molar-refractivity contribution is -0.145. The zero-order chi connectivity index (χ0) is 20.3. The summed E-state index contributed by atoms with van der Waals surface area (Å²) < 4.78 is 0. The number of thioether (sulfide) groups is 1. The summed E-state index contributed by atoms with van der Waals surface area (Å²) >= 11 is 1.72. The van der Waals surface area contributed by atoms with Crippen molar-refractivity contribution in [2.75, 3.05) is 17.3 Å². The normalized spacial score (nSPS) is 33.7. The van der Waals surface area contributed by atoms with Crippen LogP contribution in [0.2, 0.25) is 0 Å². The van der Waals surface area contributed by atoms with Gasteiger partial charge in [0.1, 0.15) is 5.54 Å². The number of benzene rings is 1. The molecule has 2 N–H and O–H groups in total. The van der Waals surface area contributed by atoms with Gasteiger partial charge in [-0.1, -0.05) is 31.0 Å². The Hall–Kier alpha value is -1.86. The van der Waals surface area contributed by atoms with E-state index in [0.29, 0.717) is 0 Å². The first-order chi connectivity index (χ1) is 14.0. The number of imide groups is 1. The molecule has 1 aromatic carbocycles.